The van der Waals surface area contributed by atoms with Crippen molar-refractivity contribution in [1.29, 1.82) is 0 Å². The molecule has 0 bridgehead atoms. The maximum atomic E-state index is 5.38. The van der Waals surface area contributed by atoms with Gasteiger partial charge in [-0.1, -0.05) is 0 Å². The van der Waals surface area contributed by atoms with Crippen molar-refractivity contribution in [2.75, 3.05) is 6.54 Å². The fourth-order valence-corrected chi connectivity index (χ4v) is 0.970. The van der Waals surface area contributed by atoms with Crippen LogP contribution in [0.5, 0.6) is 0 Å². The van der Waals surface area contributed by atoms with Gasteiger partial charge >= 0.3 is 0 Å². The van der Waals surface area contributed by atoms with Gasteiger partial charge in [0.2, 0.25) is 5.82 Å². The van der Waals surface area contributed by atoms with Crippen LogP contribution in [0.3, 0.4) is 0 Å². The number of nitrogens with one attached hydrogen (secondary N) is 1. The van der Waals surface area contributed by atoms with E-state index < -0.39 is 0 Å². The number of nitrogens with zero attached hydrogens (tertiary/aromatic N) is 6. The van der Waals surface area contributed by atoms with Gasteiger partial charge < -0.3 is 5.73 Å². The molecule has 0 spiro atoms. The number of tetrazole rings is 1. The second-order valence-corrected chi connectivity index (χ2v) is 2.37. The average Bonchev–Trinajstić information content (AvgIpc) is 2.71. The first-order chi connectivity index (χ1) is 6.42. The minimum atomic E-state index is 0.482. The van der Waals surface area contributed by atoms with Crippen LogP contribution in [-0.4, -0.2) is 42.2 Å². The summed E-state index contributed by atoms with van der Waals surface area (Å²) in [6, 6.07) is 0. The van der Waals surface area contributed by atoms with Crippen molar-refractivity contribution in [1.82, 2.24) is 35.6 Å². The Morgan fingerprint density at radius 3 is 3.15 bits per heavy atom. The Hall–Kier alpha value is -1.83. The summed E-state index contributed by atoms with van der Waals surface area (Å²) in [5.41, 5.74) is 5.99. The lowest BCUT2D eigenvalue weighted by atomic mass is 10.4. The second-order valence-electron chi connectivity index (χ2n) is 2.37. The van der Waals surface area contributed by atoms with Gasteiger partial charge in [0, 0.05) is 6.54 Å². The summed E-state index contributed by atoms with van der Waals surface area (Å²) in [7, 11) is 0. The van der Waals surface area contributed by atoms with Crippen molar-refractivity contribution < 1.29 is 0 Å². The molecule has 0 amide bonds. The summed E-state index contributed by atoms with van der Waals surface area (Å²) in [5, 5.41) is 21.1. The fourth-order valence-electron chi connectivity index (χ4n) is 0.970. The maximum Gasteiger partial charge on any atom is 0.204 e. The van der Waals surface area contributed by atoms with Gasteiger partial charge in [0.05, 0.1) is 12.7 Å². The van der Waals surface area contributed by atoms with Gasteiger partial charge in [-0.2, -0.15) is 15.4 Å². The van der Waals surface area contributed by atoms with E-state index in [0.29, 0.717) is 24.6 Å². The number of aromatic nitrogens is 7. The molecule has 0 saturated heterocycles. The monoisotopic (exact) mass is 180 g/mol. The van der Waals surface area contributed by atoms with E-state index in [1.807, 2.05) is 0 Å². The van der Waals surface area contributed by atoms with Crippen LogP contribution >= 0.6 is 0 Å². The molecule has 2 rings (SSSR count). The number of H-pyrrole nitrogens is 1. The molecule has 0 unspecified atom stereocenters. The first kappa shape index (κ1) is 7.80. The predicted molar refractivity (Wildman–Crippen MR) is 42.2 cm³/mol. The van der Waals surface area contributed by atoms with Crippen LogP contribution in [0.4, 0.5) is 0 Å². The topological polar surface area (TPSA) is 111 Å². The fraction of sp³-hybridized carbons (Fsp3) is 0.400. The van der Waals surface area contributed by atoms with E-state index in [-0.39, 0.29) is 0 Å². The molecule has 0 aliphatic rings. The molecular weight excluding hydrogens is 172 g/mol. The molecule has 0 aromatic carbocycles. The van der Waals surface area contributed by atoms with Crippen LogP contribution in [0.1, 0.15) is 0 Å². The molecule has 2 aromatic rings. The van der Waals surface area contributed by atoms with E-state index in [2.05, 4.69) is 30.9 Å². The van der Waals surface area contributed by atoms with Crippen molar-refractivity contribution in [3.8, 4) is 11.5 Å². The molecule has 8 nitrogen and oxygen atoms in total. The van der Waals surface area contributed by atoms with E-state index in [1.54, 1.807) is 10.9 Å². The molecule has 13 heavy (non-hydrogen) atoms. The Bertz CT molecular complexity index is 362. The largest absolute Gasteiger partial charge is 0.329 e. The Balaban J connectivity index is 2.35. The Morgan fingerprint density at radius 1 is 1.54 bits per heavy atom. The molecule has 2 aromatic heterocycles. The third-order valence-corrected chi connectivity index (χ3v) is 1.52. The van der Waals surface area contributed by atoms with Crippen LogP contribution in [0.15, 0.2) is 6.20 Å². The minimum Gasteiger partial charge on any atom is -0.329 e. The van der Waals surface area contributed by atoms with Crippen molar-refractivity contribution in [3.05, 3.63) is 6.20 Å². The number of nitrogens with two attached hydrogens (primary N) is 1. The third-order valence-electron chi connectivity index (χ3n) is 1.52. The zero-order valence-electron chi connectivity index (χ0n) is 6.75. The highest BCUT2D eigenvalue weighted by molar-refractivity contribution is 5.45. The summed E-state index contributed by atoms with van der Waals surface area (Å²) in [6.07, 6.45) is 1.55. The van der Waals surface area contributed by atoms with E-state index in [0.717, 1.165) is 0 Å². The average molecular weight is 180 g/mol. The Morgan fingerprint density at radius 2 is 2.46 bits per heavy atom. The van der Waals surface area contributed by atoms with Gasteiger partial charge in [-0.3, -0.25) is 0 Å². The van der Waals surface area contributed by atoms with E-state index in [4.69, 9.17) is 5.73 Å². The molecule has 0 aliphatic carbocycles. The minimum absolute atomic E-state index is 0.482. The molecular formula is C5H8N8. The lowest BCUT2D eigenvalue weighted by molar-refractivity contribution is 0.602. The number of hydrogen-bond acceptors (Lipinski definition) is 6. The van der Waals surface area contributed by atoms with Crippen LogP contribution in [-0.2, 0) is 6.54 Å². The van der Waals surface area contributed by atoms with Crippen molar-refractivity contribution in [2.45, 2.75) is 6.54 Å². The highest BCUT2D eigenvalue weighted by atomic mass is 15.5. The molecule has 68 valence electrons. The van der Waals surface area contributed by atoms with Crippen LogP contribution < -0.4 is 5.73 Å². The molecule has 0 atom stereocenters. The summed E-state index contributed by atoms with van der Waals surface area (Å²) in [5.74, 6) is 0.569. The second kappa shape index (κ2) is 3.27. The molecule has 0 radical (unpaired) electrons. The maximum absolute atomic E-state index is 5.38. The highest BCUT2D eigenvalue weighted by Crippen LogP contribution is 2.08. The quantitative estimate of drug-likeness (QED) is 0.589. The summed E-state index contributed by atoms with van der Waals surface area (Å²) >= 11 is 0. The molecule has 8 heteroatoms. The summed E-state index contributed by atoms with van der Waals surface area (Å²) < 4.78 is 1.58. The summed E-state index contributed by atoms with van der Waals surface area (Å²) in [4.78, 5) is 0. The molecule has 0 fully saturated rings. The number of rotatable bonds is 3. The first-order valence-electron chi connectivity index (χ1n) is 3.74. The summed E-state index contributed by atoms with van der Waals surface area (Å²) in [6.45, 7) is 1.05. The SMILES string of the molecule is NCCn1nnnc1-c1cn[nH]n1. The molecule has 3 N–H and O–H groups in total. The van der Waals surface area contributed by atoms with Gasteiger partial charge in [0.15, 0.2) is 5.69 Å². The lowest BCUT2D eigenvalue weighted by Gasteiger charge is -1.97. The van der Waals surface area contributed by atoms with Crippen LogP contribution in [0.2, 0.25) is 0 Å². The number of hydrogen-bond donors (Lipinski definition) is 2. The Kier molecular flexibility index (Phi) is 1.96. The highest BCUT2D eigenvalue weighted by Gasteiger charge is 2.09. The van der Waals surface area contributed by atoms with Crippen molar-refractivity contribution in [2.24, 2.45) is 5.73 Å². The zero-order valence-corrected chi connectivity index (χ0v) is 6.75. The Labute approximate surface area is 73.1 Å². The normalized spacial score (nSPS) is 10.5. The van der Waals surface area contributed by atoms with E-state index in [1.165, 1.54) is 0 Å². The predicted octanol–water partition coefficient (Wildman–Crippen LogP) is -1.58. The lowest BCUT2D eigenvalue weighted by Crippen LogP contribution is -2.12. The number of aromatic amines is 1. The zero-order chi connectivity index (χ0) is 9.10. The van der Waals surface area contributed by atoms with Crippen LogP contribution in [0.25, 0.3) is 11.5 Å². The van der Waals surface area contributed by atoms with Crippen molar-refractivity contribution in [3.63, 3.8) is 0 Å². The van der Waals surface area contributed by atoms with Gasteiger partial charge in [0.1, 0.15) is 0 Å². The van der Waals surface area contributed by atoms with E-state index >= 15 is 0 Å². The van der Waals surface area contributed by atoms with Gasteiger partial charge in [-0.15, -0.1) is 5.10 Å². The third kappa shape index (κ3) is 1.38. The van der Waals surface area contributed by atoms with Crippen molar-refractivity contribution >= 4 is 0 Å². The van der Waals surface area contributed by atoms with E-state index in [9.17, 15) is 0 Å². The first-order valence-corrected chi connectivity index (χ1v) is 3.74. The molecule has 0 aliphatic heterocycles. The van der Waals surface area contributed by atoms with Gasteiger partial charge in [-0.05, 0) is 10.4 Å². The molecule has 0 saturated carbocycles. The molecule has 2 heterocycles. The van der Waals surface area contributed by atoms with Gasteiger partial charge in [0.25, 0.3) is 0 Å². The smallest absolute Gasteiger partial charge is 0.204 e. The standard InChI is InChI=1S/C5H8N8/c6-1-2-13-5(9-11-12-13)4-3-7-10-8-4/h3H,1-2,6H2,(H,7,8,10). The van der Waals surface area contributed by atoms with Gasteiger partial charge in [-0.25, -0.2) is 4.68 Å². The van der Waals surface area contributed by atoms with Crippen LogP contribution in [0, 0.1) is 0 Å².